The minimum absolute atomic E-state index is 0.0607. The molecule has 1 aliphatic carbocycles. The highest BCUT2D eigenvalue weighted by Crippen LogP contribution is 2.44. The molecule has 6 rings (SSSR count). The summed E-state index contributed by atoms with van der Waals surface area (Å²) in [5, 5.41) is 6.47. The van der Waals surface area contributed by atoms with E-state index in [2.05, 4.69) is 22.8 Å². The Hall–Kier alpha value is -5.12. The van der Waals surface area contributed by atoms with E-state index in [-0.39, 0.29) is 24.5 Å². The molecule has 0 radical (unpaired) electrons. The van der Waals surface area contributed by atoms with Gasteiger partial charge in [-0.25, -0.2) is 14.4 Å². The van der Waals surface area contributed by atoms with Gasteiger partial charge in [-0.05, 0) is 92.8 Å². The second-order valence-electron chi connectivity index (χ2n) is 13.6. The number of ether oxygens (including phenoxy) is 2. The SMILES string of the molecule is Cc1cc(=O)oc2cc(NC(=O)C(CC3CCN(C(=O)OC(C)(C)C)CC3)NC(=O)OCC3c4ccccc4-c4ccccc43)ccc12. The van der Waals surface area contributed by atoms with E-state index in [4.69, 9.17) is 13.9 Å². The zero-order valence-corrected chi connectivity index (χ0v) is 27.7. The number of carbonyl (C=O) groups is 3. The van der Waals surface area contributed by atoms with Crippen LogP contribution < -0.4 is 16.3 Å². The van der Waals surface area contributed by atoms with Crippen LogP contribution in [0.1, 0.15) is 62.6 Å². The Morgan fingerprint density at radius 2 is 1.58 bits per heavy atom. The Morgan fingerprint density at radius 1 is 0.938 bits per heavy atom. The highest BCUT2D eigenvalue weighted by molar-refractivity contribution is 5.98. The number of nitrogens with one attached hydrogen (secondary N) is 2. The topological polar surface area (TPSA) is 127 Å². The number of amides is 3. The van der Waals surface area contributed by atoms with E-state index in [9.17, 15) is 19.2 Å². The zero-order chi connectivity index (χ0) is 34.0. The first-order valence-corrected chi connectivity index (χ1v) is 16.4. The number of hydrogen-bond acceptors (Lipinski definition) is 7. The third kappa shape index (κ3) is 7.38. The Kier molecular flexibility index (Phi) is 9.26. The molecule has 2 aliphatic rings. The molecule has 2 heterocycles. The normalized spacial score (nSPS) is 15.4. The summed E-state index contributed by atoms with van der Waals surface area (Å²) in [5.74, 6) is -0.485. The van der Waals surface area contributed by atoms with Crippen LogP contribution in [-0.2, 0) is 14.3 Å². The summed E-state index contributed by atoms with van der Waals surface area (Å²) in [7, 11) is 0. The summed E-state index contributed by atoms with van der Waals surface area (Å²) in [6.45, 7) is 8.41. The van der Waals surface area contributed by atoms with Gasteiger partial charge >= 0.3 is 17.8 Å². The lowest BCUT2D eigenvalue weighted by atomic mass is 9.90. The molecular weight excluding hydrogens is 610 g/mol. The van der Waals surface area contributed by atoms with Crippen LogP contribution in [0.2, 0.25) is 0 Å². The van der Waals surface area contributed by atoms with Gasteiger partial charge in [0.25, 0.3) is 0 Å². The first kappa shape index (κ1) is 32.8. The van der Waals surface area contributed by atoms with Crippen LogP contribution in [0.15, 0.2) is 82.0 Å². The van der Waals surface area contributed by atoms with E-state index >= 15 is 0 Å². The van der Waals surface area contributed by atoms with Gasteiger partial charge in [0.05, 0.1) is 0 Å². The predicted octanol–water partition coefficient (Wildman–Crippen LogP) is 6.98. The van der Waals surface area contributed by atoms with Gasteiger partial charge in [-0.1, -0.05) is 48.5 Å². The van der Waals surface area contributed by atoms with Gasteiger partial charge in [-0.15, -0.1) is 0 Å². The predicted molar refractivity (Wildman–Crippen MR) is 183 cm³/mol. The minimum Gasteiger partial charge on any atom is -0.449 e. The molecule has 48 heavy (non-hydrogen) atoms. The molecule has 1 saturated heterocycles. The standard InChI is InChI=1S/C38H41N3O7/c1-23-19-34(42)47-33-21-25(13-14-26(23)33)39-35(43)32(20-24-15-17-41(18-16-24)37(45)48-38(2,3)4)40-36(44)46-22-31-29-11-7-5-9-27(29)28-10-6-8-12-30(28)31/h5-14,19,21,24,31-32H,15-18,20,22H2,1-4H3,(H,39,43)(H,40,44). The number of benzene rings is 3. The van der Waals surface area contributed by atoms with Crippen LogP contribution in [0.4, 0.5) is 15.3 Å². The van der Waals surface area contributed by atoms with Gasteiger partial charge < -0.3 is 29.4 Å². The maximum Gasteiger partial charge on any atom is 0.410 e. The molecule has 1 aromatic heterocycles. The first-order valence-electron chi connectivity index (χ1n) is 16.4. The van der Waals surface area contributed by atoms with Gasteiger partial charge in [0.1, 0.15) is 23.8 Å². The van der Waals surface area contributed by atoms with Gasteiger partial charge in [-0.3, -0.25) is 4.79 Å². The monoisotopic (exact) mass is 651 g/mol. The van der Waals surface area contributed by atoms with E-state index in [1.54, 1.807) is 23.1 Å². The number of hydrogen-bond donors (Lipinski definition) is 2. The Labute approximate surface area is 279 Å². The maximum absolute atomic E-state index is 13.8. The molecule has 0 spiro atoms. The van der Waals surface area contributed by atoms with Crippen LogP contribution in [0, 0.1) is 12.8 Å². The number of likely N-dealkylation sites (tertiary alicyclic amines) is 1. The Balaban J connectivity index is 1.15. The highest BCUT2D eigenvalue weighted by Gasteiger charge is 2.33. The lowest BCUT2D eigenvalue weighted by Crippen LogP contribution is -2.47. The summed E-state index contributed by atoms with van der Waals surface area (Å²) < 4.78 is 16.7. The largest absolute Gasteiger partial charge is 0.449 e. The van der Waals surface area contributed by atoms with Crippen LogP contribution in [0.25, 0.3) is 22.1 Å². The van der Waals surface area contributed by atoms with E-state index in [1.807, 2.05) is 64.1 Å². The van der Waals surface area contributed by atoms with Crippen LogP contribution in [0.3, 0.4) is 0 Å². The van der Waals surface area contributed by atoms with Crippen molar-refractivity contribution in [3.63, 3.8) is 0 Å². The fourth-order valence-electron chi connectivity index (χ4n) is 6.66. The second-order valence-corrected chi connectivity index (χ2v) is 13.6. The van der Waals surface area contributed by atoms with Gasteiger partial charge in [0.15, 0.2) is 0 Å². The number of nitrogens with zero attached hydrogens (tertiary/aromatic N) is 1. The molecule has 1 atom stereocenters. The zero-order valence-electron chi connectivity index (χ0n) is 27.7. The molecule has 1 fully saturated rings. The average Bonchev–Trinajstić information content (AvgIpc) is 3.36. The number of fused-ring (bicyclic) bond motifs is 4. The molecule has 3 amide bonds. The second kappa shape index (κ2) is 13.5. The molecule has 0 saturated carbocycles. The number of rotatable bonds is 7. The number of piperidine rings is 1. The van der Waals surface area contributed by atoms with Crippen molar-refractivity contribution >= 4 is 34.8 Å². The molecule has 4 aromatic rings. The Morgan fingerprint density at radius 3 is 2.23 bits per heavy atom. The smallest absolute Gasteiger partial charge is 0.410 e. The summed E-state index contributed by atoms with van der Waals surface area (Å²) in [6, 6.07) is 21.8. The minimum atomic E-state index is -0.918. The molecule has 10 heteroatoms. The lowest BCUT2D eigenvalue weighted by Gasteiger charge is -2.34. The maximum atomic E-state index is 13.8. The van der Waals surface area contributed by atoms with Crippen molar-refractivity contribution in [1.82, 2.24) is 10.2 Å². The first-order chi connectivity index (χ1) is 22.9. The van der Waals surface area contributed by atoms with E-state index in [1.165, 1.54) is 6.07 Å². The van der Waals surface area contributed by atoms with Gasteiger partial charge in [0.2, 0.25) is 5.91 Å². The molecule has 0 bridgehead atoms. The third-order valence-corrected chi connectivity index (χ3v) is 9.01. The molecule has 10 nitrogen and oxygen atoms in total. The number of carbonyl (C=O) groups excluding carboxylic acids is 3. The number of anilines is 1. The van der Waals surface area contributed by atoms with Gasteiger partial charge in [-0.2, -0.15) is 0 Å². The molecular formula is C38H41N3O7. The lowest BCUT2D eigenvalue weighted by molar-refractivity contribution is -0.118. The summed E-state index contributed by atoms with van der Waals surface area (Å²) >= 11 is 0. The van der Waals surface area contributed by atoms with Crippen molar-refractivity contribution in [1.29, 1.82) is 0 Å². The average molecular weight is 652 g/mol. The third-order valence-electron chi connectivity index (χ3n) is 9.01. The van der Waals surface area contributed by atoms with Crippen molar-refractivity contribution < 1.29 is 28.3 Å². The van der Waals surface area contributed by atoms with E-state index in [0.29, 0.717) is 43.6 Å². The van der Waals surface area contributed by atoms with Crippen molar-refractivity contribution in [2.24, 2.45) is 5.92 Å². The van der Waals surface area contributed by atoms with Crippen molar-refractivity contribution in [2.45, 2.75) is 64.5 Å². The van der Waals surface area contributed by atoms with E-state index < -0.39 is 29.3 Å². The highest BCUT2D eigenvalue weighted by atomic mass is 16.6. The number of alkyl carbamates (subject to hydrolysis) is 1. The fourth-order valence-corrected chi connectivity index (χ4v) is 6.66. The van der Waals surface area contributed by atoms with Crippen molar-refractivity contribution in [3.8, 4) is 11.1 Å². The van der Waals surface area contributed by atoms with Crippen molar-refractivity contribution in [2.75, 3.05) is 25.0 Å². The fraction of sp³-hybridized carbons (Fsp3) is 0.368. The summed E-state index contributed by atoms with van der Waals surface area (Å²) in [4.78, 5) is 53.3. The number of aryl methyl sites for hydroxylation is 1. The van der Waals surface area contributed by atoms with Crippen LogP contribution in [0.5, 0.6) is 0 Å². The molecule has 1 aliphatic heterocycles. The molecule has 2 N–H and O–H groups in total. The summed E-state index contributed by atoms with van der Waals surface area (Å²) in [6.07, 6.45) is 0.597. The molecule has 3 aromatic carbocycles. The van der Waals surface area contributed by atoms with E-state index in [0.717, 1.165) is 33.2 Å². The van der Waals surface area contributed by atoms with Crippen molar-refractivity contribution in [3.05, 3.63) is 99.9 Å². The van der Waals surface area contributed by atoms with Gasteiger partial charge in [0, 0.05) is 42.2 Å². The molecule has 250 valence electrons. The summed E-state index contributed by atoms with van der Waals surface area (Å²) in [5.41, 5.74) is 4.92. The van der Waals surface area contributed by atoms with Crippen LogP contribution in [-0.4, -0.2) is 54.3 Å². The quantitative estimate of drug-likeness (QED) is 0.206. The van der Waals surface area contributed by atoms with Crippen LogP contribution >= 0.6 is 0 Å². The molecule has 1 unspecified atom stereocenters. The Bertz CT molecular complexity index is 1860.